The molecule has 0 aliphatic heterocycles. The molecule has 0 spiro atoms. The highest BCUT2D eigenvalue weighted by Gasteiger charge is 2.74. The van der Waals surface area contributed by atoms with Crippen molar-refractivity contribution in [3.05, 3.63) is 57.9 Å². The van der Waals surface area contributed by atoms with E-state index in [9.17, 15) is 20.1 Å². The normalized spacial score (nSPS) is 32.0. The lowest BCUT2D eigenvalue weighted by molar-refractivity contribution is -0.232. The van der Waals surface area contributed by atoms with E-state index in [4.69, 9.17) is 0 Å². The van der Waals surface area contributed by atoms with Crippen LogP contribution in [0.2, 0.25) is 0 Å². The van der Waals surface area contributed by atoms with E-state index in [1.165, 1.54) is 11.1 Å². The van der Waals surface area contributed by atoms with Gasteiger partial charge in [-0.15, -0.1) is 0 Å². The Hall–Kier alpha value is -1.91. The van der Waals surface area contributed by atoms with Crippen molar-refractivity contribution in [2.24, 2.45) is 28.1 Å². The summed E-state index contributed by atoms with van der Waals surface area (Å²) in [6.07, 6.45) is 9.76. The molecule has 0 heterocycles. The van der Waals surface area contributed by atoms with E-state index in [-0.39, 0.29) is 17.5 Å². The Balaban J connectivity index is 3.08. The first kappa shape index (κ1) is 33.3. The monoisotopic (exact) mass is 540 g/mol. The SMILES string of the molecule is CC(C)=CCC[C@]1(C)C(CC=C(C)C)CC2(CC=C(C)C)C(O)C(CC=C(C)C)=C(O)C1(C(=O)C(C)C)C2O. The lowest BCUT2D eigenvalue weighted by Crippen LogP contribution is -2.72. The van der Waals surface area contributed by atoms with Crippen molar-refractivity contribution in [2.75, 3.05) is 0 Å². The highest BCUT2D eigenvalue weighted by molar-refractivity contribution is 5.92. The highest BCUT2D eigenvalue weighted by atomic mass is 16.3. The van der Waals surface area contributed by atoms with E-state index in [0.717, 1.165) is 24.0 Å². The second-order valence-electron chi connectivity index (χ2n) is 13.9. The number of allylic oxidation sites excluding steroid dienone is 8. The zero-order valence-electron chi connectivity index (χ0n) is 26.6. The Kier molecular flexibility index (Phi) is 10.9. The minimum atomic E-state index is -1.51. The molecule has 0 aromatic heterocycles. The van der Waals surface area contributed by atoms with Gasteiger partial charge in [0.25, 0.3) is 0 Å². The summed E-state index contributed by atoms with van der Waals surface area (Å²) in [6.45, 7) is 22.2. The third kappa shape index (κ3) is 6.07. The zero-order chi connectivity index (χ0) is 29.9. The first-order chi connectivity index (χ1) is 18.0. The molecule has 0 aromatic rings. The van der Waals surface area contributed by atoms with E-state index < -0.39 is 34.4 Å². The molecule has 0 saturated heterocycles. The van der Waals surface area contributed by atoms with Gasteiger partial charge in [-0.1, -0.05) is 67.4 Å². The van der Waals surface area contributed by atoms with Crippen molar-refractivity contribution in [3.8, 4) is 0 Å². The molecular weight excluding hydrogens is 484 g/mol. The molecule has 6 atom stereocenters. The number of rotatable bonds is 11. The van der Waals surface area contributed by atoms with Crippen molar-refractivity contribution >= 4 is 5.78 Å². The van der Waals surface area contributed by atoms with Crippen LogP contribution in [-0.4, -0.2) is 33.3 Å². The van der Waals surface area contributed by atoms with Gasteiger partial charge < -0.3 is 15.3 Å². The largest absolute Gasteiger partial charge is 0.511 e. The molecule has 4 nitrogen and oxygen atoms in total. The molecule has 2 aliphatic carbocycles. The standard InChI is InChI=1S/C35H56O4/c1-22(2)13-12-19-33(11)27(16-14-23(3)4)21-34(20-18-25(7)8)30(37)28(17-15-24(5)6)31(38)35(33,32(34)39)29(36)26(9)10/h13-15,18,26-27,30,32,37-39H,12,16-17,19-21H2,1-11H3/t27?,30?,32?,33-,34?,35?/m1/s1. The molecule has 5 unspecified atom stereocenters. The summed E-state index contributed by atoms with van der Waals surface area (Å²) in [6, 6.07) is 0. The predicted molar refractivity (Wildman–Crippen MR) is 163 cm³/mol. The third-order valence-corrected chi connectivity index (χ3v) is 9.50. The van der Waals surface area contributed by atoms with Gasteiger partial charge in [-0.2, -0.15) is 0 Å². The van der Waals surface area contributed by atoms with E-state index >= 15 is 0 Å². The fraction of sp³-hybridized carbons (Fsp3) is 0.686. The molecule has 0 aromatic carbocycles. The summed E-state index contributed by atoms with van der Waals surface area (Å²) >= 11 is 0. The van der Waals surface area contributed by atoms with Gasteiger partial charge >= 0.3 is 0 Å². The van der Waals surface area contributed by atoms with Crippen LogP contribution in [0.5, 0.6) is 0 Å². The van der Waals surface area contributed by atoms with Crippen molar-refractivity contribution in [1.82, 2.24) is 0 Å². The number of hydrogen-bond donors (Lipinski definition) is 3. The maximum absolute atomic E-state index is 14.6. The third-order valence-electron chi connectivity index (χ3n) is 9.50. The van der Waals surface area contributed by atoms with E-state index in [2.05, 4.69) is 52.8 Å². The van der Waals surface area contributed by atoms with Crippen LogP contribution < -0.4 is 0 Å². The first-order valence-electron chi connectivity index (χ1n) is 14.8. The van der Waals surface area contributed by atoms with Gasteiger partial charge in [0, 0.05) is 16.9 Å². The van der Waals surface area contributed by atoms with Gasteiger partial charge in [0.05, 0.1) is 12.2 Å². The average molecular weight is 541 g/mol. The molecule has 1 fully saturated rings. The Morgan fingerprint density at radius 3 is 1.92 bits per heavy atom. The van der Waals surface area contributed by atoms with Crippen LogP contribution in [0, 0.1) is 28.1 Å². The van der Waals surface area contributed by atoms with Gasteiger partial charge in [-0.25, -0.2) is 0 Å². The molecule has 1 saturated carbocycles. The first-order valence-corrected chi connectivity index (χ1v) is 14.8. The van der Waals surface area contributed by atoms with Crippen molar-refractivity contribution in [2.45, 2.75) is 127 Å². The number of aliphatic hydroxyl groups is 3. The minimum Gasteiger partial charge on any atom is -0.511 e. The maximum atomic E-state index is 14.6. The maximum Gasteiger partial charge on any atom is 0.152 e. The van der Waals surface area contributed by atoms with Crippen molar-refractivity contribution in [1.29, 1.82) is 0 Å². The van der Waals surface area contributed by atoms with Crippen LogP contribution in [0.15, 0.2) is 57.9 Å². The quantitative estimate of drug-likeness (QED) is 0.229. The van der Waals surface area contributed by atoms with E-state index in [0.29, 0.717) is 31.3 Å². The summed E-state index contributed by atoms with van der Waals surface area (Å²) in [5.74, 6) is -0.630. The molecule has 0 amide bonds. The molecule has 220 valence electrons. The number of ketones is 1. The summed E-state index contributed by atoms with van der Waals surface area (Å²) in [5, 5.41) is 36.9. The number of carbonyl (C=O) groups is 1. The second-order valence-corrected chi connectivity index (χ2v) is 13.9. The number of fused-ring (bicyclic) bond motifs is 2. The fourth-order valence-corrected chi connectivity index (χ4v) is 7.25. The lowest BCUT2D eigenvalue weighted by Gasteiger charge is -2.67. The molecule has 2 rings (SSSR count). The summed E-state index contributed by atoms with van der Waals surface area (Å²) in [7, 11) is 0. The molecule has 0 radical (unpaired) electrons. The Bertz CT molecular complexity index is 1050. The average Bonchev–Trinajstić information content (AvgIpc) is 2.81. The molecule has 2 bridgehead atoms. The van der Waals surface area contributed by atoms with Gasteiger partial charge in [0.2, 0.25) is 0 Å². The van der Waals surface area contributed by atoms with Gasteiger partial charge in [-0.3, -0.25) is 4.79 Å². The highest BCUT2D eigenvalue weighted by Crippen LogP contribution is 2.70. The molecular formula is C35H56O4. The topological polar surface area (TPSA) is 77.8 Å². The van der Waals surface area contributed by atoms with Crippen LogP contribution >= 0.6 is 0 Å². The van der Waals surface area contributed by atoms with E-state index in [1.54, 1.807) is 0 Å². The van der Waals surface area contributed by atoms with Crippen LogP contribution in [0.25, 0.3) is 0 Å². The predicted octanol–water partition coefficient (Wildman–Crippen LogP) is 8.57. The number of aliphatic hydroxyl groups excluding tert-OH is 3. The molecule has 3 N–H and O–H groups in total. The van der Waals surface area contributed by atoms with Crippen LogP contribution in [-0.2, 0) is 4.79 Å². The zero-order valence-corrected chi connectivity index (χ0v) is 26.6. The van der Waals surface area contributed by atoms with Crippen molar-refractivity contribution in [3.63, 3.8) is 0 Å². The lowest BCUT2D eigenvalue weighted by atomic mass is 9.37. The van der Waals surface area contributed by atoms with Crippen LogP contribution in [0.1, 0.15) is 115 Å². The Morgan fingerprint density at radius 2 is 1.44 bits per heavy atom. The van der Waals surface area contributed by atoms with Gasteiger partial charge in [0.1, 0.15) is 11.2 Å². The minimum absolute atomic E-state index is 0.0172. The number of Topliss-reactive ketones (excluding diaryl/α,β-unsaturated/α-hetero) is 1. The molecule has 4 heteroatoms. The summed E-state index contributed by atoms with van der Waals surface area (Å²) < 4.78 is 0. The van der Waals surface area contributed by atoms with Crippen LogP contribution in [0.3, 0.4) is 0 Å². The smallest absolute Gasteiger partial charge is 0.152 e. The number of carbonyl (C=O) groups excluding carboxylic acids is 1. The Labute approximate surface area is 238 Å². The molecule has 39 heavy (non-hydrogen) atoms. The number of hydrogen-bond acceptors (Lipinski definition) is 4. The fourth-order valence-electron chi connectivity index (χ4n) is 7.25. The van der Waals surface area contributed by atoms with Crippen LogP contribution in [0.4, 0.5) is 0 Å². The Morgan fingerprint density at radius 1 is 0.897 bits per heavy atom. The van der Waals surface area contributed by atoms with Gasteiger partial charge in [0.15, 0.2) is 5.78 Å². The van der Waals surface area contributed by atoms with Gasteiger partial charge in [-0.05, 0) is 105 Å². The summed E-state index contributed by atoms with van der Waals surface area (Å²) in [5.41, 5.74) is 1.88. The summed E-state index contributed by atoms with van der Waals surface area (Å²) in [4.78, 5) is 14.6. The van der Waals surface area contributed by atoms with E-state index in [1.807, 2.05) is 47.6 Å². The van der Waals surface area contributed by atoms with Crippen molar-refractivity contribution < 1.29 is 20.1 Å². The second kappa shape index (κ2) is 12.7. The molecule has 2 aliphatic rings.